The summed E-state index contributed by atoms with van der Waals surface area (Å²) in [5.74, 6) is -4.88. The number of para-hydroxylation sites is 1. The fraction of sp³-hybridized carbons (Fsp3) is 0.661. The quantitative estimate of drug-likeness (QED) is 0.0412. The molecule has 1 aromatic carbocycles. The highest BCUT2D eigenvalue weighted by Gasteiger charge is 2.44. The van der Waals surface area contributed by atoms with E-state index >= 15 is 0 Å². The van der Waals surface area contributed by atoms with Gasteiger partial charge in [-0.2, -0.15) is 0 Å². The van der Waals surface area contributed by atoms with Crippen LogP contribution in [0.2, 0.25) is 0 Å². The van der Waals surface area contributed by atoms with Crippen LogP contribution < -0.4 is 21.8 Å². The first kappa shape index (κ1) is 63.5. The summed E-state index contributed by atoms with van der Waals surface area (Å²) in [6.45, 7) is 14.4. The lowest BCUT2D eigenvalue weighted by atomic mass is 9.87. The molecule has 3 heterocycles. The fourth-order valence-electron chi connectivity index (χ4n) is 11.1. The Morgan fingerprint density at radius 3 is 2.09 bits per heavy atom. The van der Waals surface area contributed by atoms with Crippen LogP contribution in [0.3, 0.4) is 0 Å². The van der Waals surface area contributed by atoms with E-state index in [2.05, 4.69) is 21.0 Å². The van der Waals surface area contributed by atoms with E-state index in [1.807, 2.05) is 82.7 Å². The van der Waals surface area contributed by atoms with Crippen molar-refractivity contribution in [3.8, 4) is 0 Å². The first-order valence-corrected chi connectivity index (χ1v) is 27.3. The zero-order valence-electron chi connectivity index (χ0n) is 47.6. The number of benzene rings is 1. The average molecular weight is 1080 g/mol. The van der Waals surface area contributed by atoms with Crippen LogP contribution in [-0.4, -0.2) is 180 Å². The van der Waals surface area contributed by atoms with E-state index in [1.165, 1.54) is 26.3 Å². The van der Waals surface area contributed by atoms with Crippen molar-refractivity contribution in [2.75, 3.05) is 55.0 Å². The number of nitrogens with one attached hydrogen (secondary N) is 4. The van der Waals surface area contributed by atoms with Crippen LogP contribution in [0.5, 0.6) is 0 Å². The molecule has 2 aliphatic heterocycles. The van der Waals surface area contributed by atoms with E-state index in [0.29, 0.717) is 58.0 Å². The number of primary amides is 1. The lowest BCUT2D eigenvalue weighted by Gasteiger charge is -2.43. The summed E-state index contributed by atoms with van der Waals surface area (Å²) in [5.41, 5.74) is 10.1. The van der Waals surface area contributed by atoms with Crippen LogP contribution in [0, 0.1) is 23.7 Å². The van der Waals surface area contributed by atoms with Crippen molar-refractivity contribution in [3.05, 3.63) is 48.2 Å². The number of likely N-dealkylation sites (tertiary alicyclic amines) is 1. The highest BCUT2D eigenvalue weighted by Crippen LogP contribution is 2.31. The molecule has 2 aliphatic rings. The number of nitrogens with two attached hydrogens (primary N) is 1. The number of likely N-dealkylation sites (N-methyl/N-ethyl adjacent to an activating group) is 2. The largest absolute Gasteiger partial charge is 0.379 e. The van der Waals surface area contributed by atoms with E-state index < -0.39 is 72.0 Å². The molecule has 0 radical (unpaired) electrons. The first-order chi connectivity index (χ1) is 36.5. The van der Waals surface area contributed by atoms with E-state index in [0.717, 1.165) is 26.4 Å². The van der Waals surface area contributed by atoms with Crippen LogP contribution in [0.4, 0.5) is 0 Å². The number of imide groups is 2. The standard InChI is InChI=1S/C56H88N10O11/c1-13-36(6)51(43(76-11)32-48(71)65-30-19-23-42(65)52(77-12)37(7)54(73)59-41(53(57)72)31-38-33-58-40-22-17-16-21-39(38)40)63(9)50(35(4)5)56(75)60-55(74)49(34(2)3)62(8)28-20-25-45(68)64(10)61-44(67)24-15-14-18-29-66-46(69)26-27-47(66)70/h16-17,21-22,26-27,33-37,41-43,49-52,58H,13-15,18-20,23-25,28-32H2,1-12H3,(H2,57,72)(H,59,73)(H,61,67)(H,60,74,75)/t36-,37+,41-,42-,43+,49-,50-,51-,52+/m0/s1. The Kier molecular flexibility index (Phi) is 24.9. The maximum Gasteiger partial charge on any atom is 0.253 e. The van der Waals surface area contributed by atoms with Crippen LogP contribution in [0.25, 0.3) is 10.9 Å². The van der Waals surface area contributed by atoms with Gasteiger partial charge in [0.15, 0.2) is 0 Å². The van der Waals surface area contributed by atoms with Crippen molar-refractivity contribution in [2.45, 2.75) is 162 Å². The molecule has 21 nitrogen and oxygen atoms in total. The number of aromatic amines is 1. The third kappa shape index (κ3) is 17.2. The zero-order valence-corrected chi connectivity index (χ0v) is 47.6. The molecular formula is C56H88N10O11. The van der Waals surface area contributed by atoms with Gasteiger partial charge in [0, 0.05) is 88.9 Å². The summed E-state index contributed by atoms with van der Waals surface area (Å²) in [6.07, 6.45) is 7.37. The Morgan fingerprint density at radius 1 is 0.831 bits per heavy atom. The minimum atomic E-state index is -0.983. The molecular weight excluding hydrogens is 989 g/mol. The van der Waals surface area contributed by atoms with Gasteiger partial charge in [0.05, 0.1) is 42.7 Å². The Balaban J connectivity index is 1.34. The number of carbonyl (C=O) groups excluding carboxylic acids is 9. The van der Waals surface area contributed by atoms with Crippen molar-refractivity contribution in [3.63, 3.8) is 0 Å². The van der Waals surface area contributed by atoms with Crippen LogP contribution in [0.15, 0.2) is 42.6 Å². The normalized spacial score (nSPS) is 17.9. The molecule has 428 valence electrons. The Labute approximate surface area is 455 Å². The van der Waals surface area contributed by atoms with Gasteiger partial charge in [-0.3, -0.25) is 73.6 Å². The lowest BCUT2D eigenvalue weighted by molar-refractivity contribution is -0.144. The van der Waals surface area contributed by atoms with Gasteiger partial charge in [0.1, 0.15) is 6.04 Å². The minimum Gasteiger partial charge on any atom is -0.379 e. The summed E-state index contributed by atoms with van der Waals surface area (Å²) in [4.78, 5) is 128. The maximum atomic E-state index is 14.5. The second-order valence-corrected chi connectivity index (χ2v) is 21.6. The molecule has 6 N–H and O–H groups in total. The number of methoxy groups -OCH3 is 2. The number of nitrogens with zero attached hydrogens (tertiary/aromatic N) is 5. The molecule has 2 aromatic rings. The molecule has 1 fully saturated rings. The number of unbranched alkanes of at least 4 members (excludes halogenated alkanes) is 2. The number of aromatic nitrogens is 1. The molecule has 1 aromatic heterocycles. The highest BCUT2D eigenvalue weighted by atomic mass is 16.5. The number of hydrazine groups is 1. The summed E-state index contributed by atoms with van der Waals surface area (Å²) in [5, 5.41) is 7.64. The lowest BCUT2D eigenvalue weighted by Crippen LogP contribution is -2.60. The van der Waals surface area contributed by atoms with E-state index in [-0.39, 0.29) is 79.5 Å². The third-order valence-electron chi connectivity index (χ3n) is 15.4. The number of rotatable bonds is 31. The van der Waals surface area contributed by atoms with Crippen LogP contribution in [0.1, 0.15) is 118 Å². The Hall–Kier alpha value is -6.03. The molecule has 77 heavy (non-hydrogen) atoms. The Bertz CT molecular complexity index is 2370. The fourth-order valence-corrected chi connectivity index (χ4v) is 11.1. The molecule has 9 atom stereocenters. The van der Waals surface area contributed by atoms with Gasteiger partial charge >= 0.3 is 0 Å². The molecule has 1 saturated heterocycles. The second kappa shape index (κ2) is 30.2. The maximum absolute atomic E-state index is 14.5. The van der Waals surface area contributed by atoms with Crippen molar-refractivity contribution >= 4 is 64.1 Å². The van der Waals surface area contributed by atoms with Gasteiger partial charge in [-0.1, -0.05) is 79.5 Å². The predicted octanol–water partition coefficient (Wildman–Crippen LogP) is 3.45. The van der Waals surface area contributed by atoms with E-state index in [1.54, 1.807) is 32.2 Å². The van der Waals surface area contributed by atoms with Gasteiger partial charge in [0.2, 0.25) is 41.4 Å². The van der Waals surface area contributed by atoms with E-state index in [9.17, 15) is 43.2 Å². The number of carbonyl (C=O) groups is 9. The number of hydrogen-bond donors (Lipinski definition) is 5. The van der Waals surface area contributed by atoms with Crippen LogP contribution >= 0.6 is 0 Å². The highest BCUT2D eigenvalue weighted by molar-refractivity contribution is 6.12. The summed E-state index contributed by atoms with van der Waals surface area (Å²) < 4.78 is 12.1. The molecule has 0 bridgehead atoms. The monoisotopic (exact) mass is 1080 g/mol. The molecule has 21 heteroatoms. The molecule has 0 unspecified atom stereocenters. The van der Waals surface area contributed by atoms with Gasteiger partial charge in [-0.05, 0) is 82.1 Å². The molecule has 9 amide bonds. The molecule has 0 spiro atoms. The first-order valence-electron chi connectivity index (χ1n) is 27.3. The number of amides is 9. The molecule has 0 aliphatic carbocycles. The molecule has 4 rings (SSSR count). The SMILES string of the molecule is CC[C@H](C)[C@@H]([C@@H](CC(=O)N1CCC[C@H]1[C@H](OC)[C@@H](C)C(=O)N[C@@H](Cc1c[nH]c2ccccc12)C(N)=O)OC)N(C)[C@H](C(=O)NC(=O)[C@H](C(C)C)N(C)CCCC(=O)N(C)NC(=O)CCCCCN1C(=O)C=CC1=O)C(C)C. The van der Waals surface area contributed by atoms with Gasteiger partial charge in [-0.15, -0.1) is 0 Å². The van der Waals surface area contributed by atoms with Crippen molar-refractivity contribution in [1.82, 2.24) is 45.7 Å². The van der Waals surface area contributed by atoms with Crippen molar-refractivity contribution in [1.29, 1.82) is 0 Å². The summed E-state index contributed by atoms with van der Waals surface area (Å²) in [6, 6.07) is 4.27. The number of ether oxygens (including phenoxy) is 2. The predicted molar refractivity (Wildman–Crippen MR) is 292 cm³/mol. The molecule has 0 saturated carbocycles. The zero-order chi connectivity index (χ0) is 57.3. The summed E-state index contributed by atoms with van der Waals surface area (Å²) in [7, 11) is 8.13. The average Bonchev–Trinajstić information content (AvgIpc) is 4.11. The van der Waals surface area contributed by atoms with Gasteiger partial charge < -0.3 is 30.4 Å². The van der Waals surface area contributed by atoms with Crippen molar-refractivity contribution in [2.24, 2.45) is 29.4 Å². The van der Waals surface area contributed by atoms with Crippen LogP contribution in [-0.2, 0) is 59.0 Å². The Morgan fingerprint density at radius 2 is 1.48 bits per heavy atom. The number of H-pyrrole nitrogens is 1. The summed E-state index contributed by atoms with van der Waals surface area (Å²) >= 11 is 0. The topological polar surface area (TPSA) is 266 Å². The van der Waals surface area contributed by atoms with Gasteiger partial charge in [0.25, 0.3) is 11.8 Å². The number of hydrogen-bond acceptors (Lipinski definition) is 13. The second-order valence-electron chi connectivity index (χ2n) is 21.6. The van der Waals surface area contributed by atoms with Gasteiger partial charge in [-0.25, -0.2) is 0 Å². The smallest absolute Gasteiger partial charge is 0.253 e. The minimum absolute atomic E-state index is 0.0267. The number of fused-ring (bicyclic) bond motifs is 1. The third-order valence-corrected chi connectivity index (χ3v) is 15.4. The van der Waals surface area contributed by atoms with E-state index in [4.69, 9.17) is 15.2 Å². The van der Waals surface area contributed by atoms with Crippen molar-refractivity contribution < 1.29 is 52.6 Å².